The van der Waals surface area contributed by atoms with Crippen LogP contribution >= 0.6 is 11.3 Å². The molecule has 7 aromatic rings. The Hall–Kier alpha value is -4.86. The first kappa shape index (κ1) is 28.9. The van der Waals surface area contributed by atoms with E-state index in [-0.39, 0.29) is 5.41 Å². The predicted octanol–water partition coefficient (Wildman–Crippen LogP) is 12.1. The molecular weight excluding hydrogens is 565 g/mol. The molecule has 6 aromatic carbocycles. The van der Waals surface area contributed by atoms with E-state index in [0.717, 1.165) is 27.3 Å². The van der Waals surface area contributed by atoms with Gasteiger partial charge in [-0.1, -0.05) is 123 Å². The lowest BCUT2D eigenvalue weighted by molar-refractivity contribution is 0.591. The summed E-state index contributed by atoms with van der Waals surface area (Å²) in [5.74, 6) is 0. The molecule has 0 aliphatic carbocycles. The lowest BCUT2D eigenvalue weighted by Crippen LogP contribution is -2.11. The summed E-state index contributed by atoms with van der Waals surface area (Å²) in [6.07, 6.45) is 1.98. The van der Waals surface area contributed by atoms with E-state index in [1.807, 2.05) is 12.3 Å². The van der Waals surface area contributed by atoms with Crippen molar-refractivity contribution in [2.24, 2.45) is 4.99 Å². The standard InChI is InChI=1S/C42H36N2S/c1-27-20-28(2)22-33(21-27)30-14-11-15-31(23-30)37-24-34(42(3,4)5)25-39-40(37)44-41(45-39)36-18-8-9-19-38(36)43-26-32-16-10-13-29-12-6-7-17-35(29)32/h6-26H,1-5H3. The predicted molar refractivity (Wildman–Crippen MR) is 195 cm³/mol. The van der Waals surface area contributed by atoms with E-state index in [0.29, 0.717) is 0 Å². The van der Waals surface area contributed by atoms with Crippen LogP contribution in [0.3, 0.4) is 0 Å². The maximum absolute atomic E-state index is 5.32. The summed E-state index contributed by atoms with van der Waals surface area (Å²) in [6, 6.07) is 43.5. The van der Waals surface area contributed by atoms with Crippen molar-refractivity contribution in [3.05, 3.63) is 144 Å². The van der Waals surface area contributed by atoms with Gasteiger partial charge in [-0.05, 0) is 82.6 Å². The number of hydrogen-bond donors (Lipinski definition) is 0. The van der Waals surface area contributed by atoms with Crippen molar-refractivity contribution in [3.63, 3.8) is 0 Å². The molecule has 0 amide bonds. The van der Waals surface area contributed by atoms with Gasteiger partial charge in [0, 0.05) is 22.9 Å². The fourth-order valence-electron chi connectivity index (χ4n) is 6.07. The molecule has 3 heteroatoms. The monoisotopic (exact) mass is 600 g/mol. The molecule has 220 valence electrons. The molecule has 0 atom stereocenters. The van der Waals surface area contributed by atoms with E-state index >= 15 is 0 Å². The van der Waals surface area contributed by atoms with E-state index in [2.05, 4.69) is 150 Å². The fourth-order valence-corrected chi connectivity index (χ4v) is 7.14. The SMILES string of the molecule is Cc1cc(C)cc(-c2cccc(-c3cc(C(C)(C)C)cc4sc(-c5ccccc5N=Cc5cccc6ccccc56)nc34)c2)c1. The molecule has 0 saturated heterocycles. The maximum Gasteiger partial charge on any atom is 0.126 e. The fraction of sp³-hybridized carbons (Fsp3) is 0.143. The first-order valence-electron chi connectivity index (χ1n) is 15.5. The highest BCUT2D eigenvalue weighted by Gasteiger charge is 2.20. The molecule has 1 heterocycles. The molecule has 7 rings (SSSR count). The van der Waals surface area contributed by atoms with Crippen molar-refractivity contribution in [2.75, 3.05) is 0 Å². The van der Waals surface area contributed by atoms with Crippen molar-refractivity contribution in [1.82, 2.24) is 4.98 Å². The molecule has 1 aromatic heterocycles. The number of aromatic nitrogens is 1. The van der Waals surface area contributed by atoms with Crippen molar-refractivity contribution < 1.29 is 0 Å². The molecule has 0 fully saturated rings. The minimum absolute atomic E-state index is 0.000976. The number of nitrogens with zero attached hydrogens (tertiary/aromatic N) is 2. The second-order valence-electron chi connectivity index (χ2n) is 12.9. The summed E-state index contributed by atoms with van der Waals surface area (Å²) in [6.45, 7) is 11.2. The minimum Gasteiger partial charge on any atom is -0.256 e. The van der Waals surface area contributed by atoms with E-state index in [1.54, 1.807) is 11.3 Å². The van der Waals surface area contributed by atoms with Crippen molar-refractivity contribution in [2.45, 2.75) is 40.0 Å². The molecule has 0 N–H and O–H groups in total. The van der Waals surface area contributed by atoms with Crippen LogP contribution in [-0.2, 0) is 5.41 Å². The molecule has 0 radical (unpaired) electrons. The molecule has 0 aliphatic heterocycles. The summed E-state index contributed by atoms with van der Waals surface area (Å²) < 4.78 is 1.19. The lowest BCUT2D eigenvalue weighted by Gasteiger charge is -2.20. The Morgan fingerprint density at radius 2 is 1.36 bits per heavy atom. The van der Waals surface area contributed by atoms with Gasteiger partial charge in [0.2, 0.25) is 0 Å². The summed E-state index contributed by atoms with van der Waals surface area (Å²) in [4.78, 5) is 10.3. The zero-order valence-electron chi connectivity index (χ0n) is 26.4. The molecular formula is C42H36N2S. The van der Waals surface area contributed by atoms with Gasteiger partial charge >= 0.3 is 0 Å². The van der Waals surface area contributed by atoms with Crippen LogP contribution in [0.5, 0.6) is 0 Å². The second-order valence-corrected chi connectivity index (χ2v) is 14.0. The van der Waals surface area contributed by atoms with Gasteiger partial charge < -0.3 is 0 Å². The molecule has 0 aliphatic rings. The average molecular weight is 601 g/mol. The zero-order chi connectivity index (χ0) is 31.1. The highest BCUT2D eigenvalue weighted by Crippen LogP contribution is 2.42. The van der Waals surface area contributed by atoms with Crippen molar-refractivity contribution in [1.29, 1.82) is 0 Å². The Labute approximate surface area is 269 Å². The van der Waals surface area contributed by atoms with Crippen LogP contribution in [0.15, 0.2) is 126 Å². The van der Waals surface area contributed by atoms with Gasteiger partial charge in [-0.15, -0.1) is 11.3 Å². The van der Waals surface area contributed by atoms with Crippen LogP contribution in [0.2, 0.25) is 0 Å². The quantitative estimate of drug-likeness (QED) is 0.180. The third kappa shape index (κ3) is 5.84. The number of aliphatic imine (C=N–C) groups is 1. The molecule has 0 bridgehead atoms. The van der Waals surface area contributed by atoms with Gasteiger partial charge in [-0.3, -0.25) is 4.99 Å². The number of para-hydroxylation sites is 1. The number of benzene rings is 6. The second kappa shape index (κ2) is 11.6. The molecule has 0 spiro atoms. The highest BCUT2D eigenvalue weighted by atomic mass is 32.1. The van der Waals surface area contributed by atoms with E-state index in [9.17, 15) is 0 Å². The van der Waals surface area contributed by atoms with Crippen LogP contribution in [0.25, 0.3) is 53.8 Å². The topological polar surface area (TPSA) is 25.2 Å². The molecule has 0 saturated carbocycles. The highest BCUT2D eigenvalue weighted by molar-refractivity contribution is 7.21. The van der Waals surface area contributed by atoms with Crippen LogP contribution in [0.4, 0.5) is 5.69 Å². The zero-order valence-corrected chi connectivity index (χ0v) is 27.2. The van der Waals surface area contributed by atoms with Crippen LogP contribution in [-0.4, -0.2) is 11.2 Å². The number of hydrogen-bond acceptors (Lipinski definition) is 3. The van der Waals surface area contributed by atoms with E-state index in [1.165, 1.54) is 54.4 Å². The Balaban J connectivity index is 1.35. The van der Waals surface area contributed by atoms with Crippen LogP contribution in [0.1, 0.15) is 43.0 Å². The third-order valence-corrected chi connectivity index (χ3v) is 9.43. The van der Waals surface area contributed by atoms with Gasteiger partial charge in [0.15, 0.2) is 0 Å². The van der Waals surface area contributed by atoms with Crippen molar-refractivity contribution >= 4 is 44.2 Å². The Morgan fingerprint density at radius 1 is 0.644 bits per heavy atom. The molecule has 0 unspecified atom stereocenters. The van der Waals surface area contributed by atoms with Gasteiger partial charge in [0.25, 0.3) is 0 Å². The number of thiazole rings is 1. The summed E-state index contributed by atoms with van der Waals surface area (Å²) >= 11 is 1.75. The first-order valence-corrected chi connectivity index (χ1v) is 16.3. The maximum atomic E-state index is 5.32. The Bertz CT molecular complexity index is 2200. The lowest BCUT2D eigenvalue weighted by atomic mass is 9.85. The largest absolute Gasteiger partial charge is 0.256 e. The molecule has 2 nitrogen and oxygen atoms in total. The first-order chi connectivity index (χ1) is 21.7. The van der Waals surface area contributed by atoms with Gasteiger partial charge in [-0.25, -0.2) is 4.98 Å². The Kier molecular flexibility index (Phi) is 7.43. The summed E-state index contributed by atoms with van der Waals surface area (Å²) in [5.41, 5.74) is 12.8. The van der Waals surface area contributed by atoms with Gasteiger partial charge in [-0.2, -0.15) is 0 Å². The third-order valence-electron chi connectivity index (χ3n) is 8.39. The normalized spacial score (nSPS) is 12.0. The van der Waals surface area contributed by atoms with Crippen LogP contribution in [0, 0.1) is 13.8 Å². The van der Waals surface area contributed by atoms with Crippen molar-refractivity contribution in [3.8, 4) is 32.8 Å². The smallest absolute Gasteiger partial charge is 0.126 e. The summed E-state index contributed by atoms with van der Waals surface area (Å²) in [5, 5.41) is 3.39. The average Bonchev–Trinajstić information content (AvgIpc) is 3.47. The molecule has 45 heavy (non-hydrogen) atoms. The van der Waals surface area contributed by atoms with Crippen LogP contribution < -0.4 is 0 Å². The minimum atomic E-state index is -0.000976. The van der Waals surface area contributed by atoms with Gasteiger partial charge in [0.1, 0.15) is 5.01 Å². The number of fused-ring (bicyclic) bond motifs is 2. The summed E-state index contributed by atoms with van der Waals surface area (Å²) in [7, 11) is 0. The van der Waals surface area contributed by atoms with Gasteiger partial charge in [0.05, 0.1) is 15.9 Å². The van der Waals surface area contributed by atoms with E-state index < -0.39 is 0 Å². The van der Waals surface area contributed by atoms with E-state index in [4.69, 9.17) is 9.98 Å². The number of rotatable bonds is 5. The number of aryl methyl sites for hydroxylation is 2. The Morgan fingerprint density at radius 3 is 2.18 bits per heavy atom.